The Morgan fingerprint density at radius 1 is 0.357 bits per heavy atom. The van der Waals surface area contributed by atoms with Gasteiger partial charge in [-0.25, -0.2) is 4.98 Å². The van der Waals surface area contributed by atoms with Gasteiger partial charge in [-0.1, -0.05) is 170 Å². The van der Waals surface area contributed by atoms with E-state index in [9.17, 15) is 6.85 Å². The summed E-state index contributed by atoms with van der Waals surface area (Å²) in [6, 6.07) is 48.9. The van der Waals surface area contributed by atoms with Crippen molar-refractivity contribution in [3.63, 3.8) is 0 Å². The molecule has 5 nitrogen and oxygen atoms in total. The van der Waals surface area contributed by atoms with Crippen LogP contribution >= 0.6 is 0 Å². The fourth-order valence-corrected chi connectivity index (χ4v) is 7.68. The van der Waals surface area contributed by atoms with Crippen LogP contribution in [0.3, 0.4) is 0 Å². The first-order valence-electron chi connectivity index (χ1n) is 21.8. The minimum Gasteiger partial charge on any atom is -0.307 e. The second kappa shape index (κ2) is 13.0. The molecule has 0 N–H and O–H groups in total. The third-order valence-electron chi connectivity index (χ3n) is 10.2. The van der Waals surface area contributed by atoms with E-state index in [1.807, 2.05) is 120 Å². The van der Waals surface area contributed by atoms with Crippen LogP contribution in [0.5, 0.6) is 0 Å². The fraction of sp³-hybridized carbons (Fsp3) is 0. The van der Waals surface area contributed by atoms with E-state index < -0.39 is 0 Å². The Labute approximate surface area is 333 Å². The monoisotopic (exact) mass is 722 g/mol. The van der Waals surface area contributed by atoms with Gasteiger partial charge in [0.25, 0.3) is 0 Å². The van der Waals surface area contributed by atoms with Gasteiger partial charge in [0.15, 0.2) is 11.6 Å². The first-order chi connectivity index (χ1) is 30.7. The normalized spacial score (nSPS) is 13.3. The number of aromatic nitrogens is 5. The van der Waals surface area contributed by atoms with E-state index in [4.69, 9.17) is 17.7 Å². The fourth-order valence-electron chi connectivity index (χ4n) is 7.68. The van der Waals surface area contributed by atoms with Gasteiger partial charge in [0.1, 0.15) is 0 Å². The van der Waals surface area contributed by atoms with E-state index >= 15 is 0 Å². The van der Waals surface area contributed by atoms with Gasteiger partial charge in [0.2, 0.25) is 5.95 Å². The number of para-hydroxylation sites is 2. The Morgan fingerprint density at radius 3 is 1.50 bits per heavy atom. The topological polar surface area (TPSA) is 48.5 Å². The zero-order valence-electron chi connectivity index (χ0n) is 36.7. The van der Waals surface area contributed by atoms with E-state index in [0.29, 0.717) is 55.8 Å². The highest BCUT2D eigenvalue weighted by atomic mass is 15.2. The Hall–Kier alpha value is -7.63. The first kappa shape index (κ1) is 25.4. The summed E-state index contributed by atoms with van der Waals surface area (Å²) in [6.07, 6.45) is 0. The van der Waals surface area contributed by atoms with E-state index in [2.05, 4.69) is 24.3 Å². The van der Waals surface area contributed by atoms with Crippen LogP contribution in [0, 0.1) is 0 Å². The van der Waals surface area contributed by atoms with Crippen molar-refractivity contribution >= 4 is 43.6 Å². The molecule has 11 aromatic rings. The highest BCUT2D eigenvalue weighted by Gasteiger charge is 2.23. The zero-order chi connectivity index (χ0) is 43.1. The van der Waals surface area contributed by atoms with Crippen LogP contribution in [0.1, 0.15) is 9.60 Å². The molecule has 0 saturated carbocycles. The van der Waals surface area contributed by atoms with Gasteiger partial charge in [-0.15, -0.1) is 0 Å². The summed E-state index contributed by atoms with van der Waals surface area (Å²) < 4.78 is 68.2. The van der Waals surface area contributed by atoms with E-state index in [0.717, 1.165) is 22.3 Å². The molecule has 0 saturated heterocycles. The maximum atomic E-state index is 9.66. The van der Waals surface area contributed by atoms with Gasteiger partial charge in [-0.2, -0.15) is 9.97 Å². The molecular formula is C51H33N5. The van der Waals surface area contributed by atoms with Crippen molar-refractivity contribution in [2.75, 3.05) is 0 Å². The lowest BCUT2D eigenvalue weighted by atomic mass is 9.99. The Kier molecular flexibility index (Phi) is 5.92. The first-order valence-corrected chi connectivity index (χ1v) is 18.3. The molecule has 5 heteroatoms. The standard InChI is InChI=1S/C51H33N5/c1-4-16-34(17-5-1)37-22-14-23-38(32-37)39-24-15-25-40(33-39)55-45-28-12-10-26-41(45)43-30-31-44-42-27-11-13-29-46(42)56(48(44)47(43)55)51-53-49(35-18-6-2-7-19-35)52-50(54-51)36-20-8-3-9-21-36/h1-33H/i10D,11D,26D,27D,28D,29D,31D. The summed E-state index contributed by atoms with van der Waals surface area (Å²) in [7, 11) is 0. The SMILES string of the molecule is [2H]c1cc([2H])c2c(c1[2H])c1cc([2H])c3c4c([2H])c([2H])cc([2H])c4n(-c4nc(-c5ccccc5)nc(-c5ccccc5)n4)c3c1n2-c1cccc(-c2cccc(-c3ccccc3)c2)c1. The quantitative estimate of drug-likeness (QED) is 0.172. The molecule has 0 atom stereocenters. The summed E-state index contributed by atoms with van der Waals surface area (Å²) in [6.45, 7) is 0. The lowest BCUT2D eigenvalue weighted by molar-refractivity contribution is 0.953. The highest BCUT2D eigenvalue weighted by molar-refractivity contribution is 6.23. The lowest BCUT2D eigenvalue weighted by Gasteiger charge is -2.14. The number of fused-ring (bicyclic) bond motifs is 7. The predicted molar refractivity (Wildman–Crippen MR) is 230 cm³/mol. The van der Waals surface area contributed by atoms with Gasteiger partial charge < -0.3 is 4.57 Å². The minimum absolute atomic E-state index is 0.00899. The molecule has 0 spiro atoms. The van der Waals surface area contributed by atoms with Crippen molar-refractivity contribution in [3.8, 4) is 56.7 Å². The number of nitrogens with zero attached hydrogens (tertiary/aromatic N) is 5. The molecule has 0 fully saturated rings. The molecule has 3 heterocycles. The third-order valence-corrected chi connectivity index (χ3v) is 10.2. The predicted octanol–water partition coefficient (Wildman–Crippen LogP) is 12.7. The van der Waals surface area contributed by atoms with E-state index in [1.54, 1.807) is 10.6 Å². The van der Waals surface area contributed by atoms with Crippen molar-refractivity contribution in [2.24, 2.45) is 0 Å². The number of benzene rings is 8. The van der Waals surface area contributed by atoms with Crippen molar-refractivity contribution in [1.29, 1.82) is 0 Å². The van der Waals surface area contributed by atoms with Gasteiger partial charge in [0.05, 0.1) is 31.7 Å². The van der Waals surface area contributed by atoms with Gasteiger partial charge in [-0.3, -0.25) is 4.57 Å². The smallest absolute Gasteiger partial charge is 0.238 e. The Bertz CT molecular complexity index is 3590. The minimum atomic E-state index is -0.177. The van der Waals surface area contributed by atoms with E-state index in [1.165, 1.54) is 12.1 Å². The van der Waals surface area contributed by atoms with Crippen molar-refractivity contribution < 1.29 is 9.60 Å². The molecule has 0 amide bonds. The summed E-state index contributed by atoms with van der Waals surface area (Å²) in [5, 5.41) is 1.24. The summed E-state index contributed by atoms with van der Waals surface area (Å²) in [5.74, 6) is 0.824. The summed E-state index contributed by atoms with van der Waals surface area (Å²) >= 11 is 0. The number of hydrogen-bond donors (Lipinski definition) is 0. The summed E-state index contributed by atoms with van der Waals surface area (Å²) in [4.78, 5) is 15.1. The van der Waals surface area contributed by atoms with Crippen molar-refractivity contribution in [1.82, 2.24) is 24.1 Å². The average Bonchev–Trinajstić information content (AvgIpc) is 3.86. The maximum Gasteiger partial charge on any atom is 0.238 e. The van der Waals surface area contributed by atoms with Crippen molar-refractivity contribution in [2.45, 2.75) is 0 Å². The van der Waals surface area contributed by atoms with Crippen LogP contribution in [0.2, 0.25) is 0 Å². The Balaban J connectivity index is 1.31. The van der Waals surface area contributed by atoms with Crippen LogP contribution in [-0.4, -0.2) is 24.1 Å². The second-order valence-corrected chi connectivity index (χ2v) is 13.5. The van der Waals surface area contributed by atoms with Crippen molar-refractivity contribution in [3.05, 3.63) is 200 Å². The lowest BCUT2D eigenvalue weighted by Crippen LogP contribution is -2.07. The van der Waals surface area contributed by atoms with Crippen LogP contribution < -0.4 is 0 Å². The molecule has 56 heavy (non-hydrogen) atoms. The van der Waals surface area contributed by atoms with Crippen LogP contribution in [-0.2, 0) is 0 Å². The summed E-state index contributed by atoms with van der Waals surface area (Å²) in [5.41, 5.74) is 7.44. The van der Waals surface area contributed by atoms with Crippen LogP contribution in [0.15, 0.2) is 200 Å². The Morgan fingerprint density at radius 2 is 0.857 bits per heavy atom. The molecule has 0 radical (unpaired) electrons. The molecular weight excluding hydrogens is 683 g/mol. The molecule has 262 valence electrons. The molecule has 0 aliphatic carbocycles. The van der Waals surface area contributed by atoms with E-state index in [-0.39, 0.29) is 64.5 Å². The maximum absolute atomic E-state index is 9.66. The molecule has 0 unspecified atom stereocenters. The second-order valence-electron chi connectivity index (χ2n) is 13.5. The average molecular weight is 723 g/mol. The van der Waals surface area contributed by atoms with Crippen LogP contribution in [0.4, 0.5) is 0 Å². The molecule has 8 aromatic carbocycles. The molecule has 0 aliphatic heterocycles. The van der Waals surface area contributed by atoms with Gasteiger partial charge >= 0.3 is 0 Å². The highest BCUT2D eigenvalue weighted by Crippen LogP contribution is 2.42. The van der Waals surface area contributed by atoms with Gasteiger partial charge in [-0.05, 0) is 52.5 Å². The molecule has 0 aliphatic rings. The third kappa shape index (κ3) is 5.21. The zero-order valence-corrected chi connectivity index (χ0v) is 29.7. The largest absolute Gasteiger partial charge is 0.307 e. The molecule has 11 rings (SSSR count). The van der Waals surface area contributed by atoms with Gasteiger partial charge in [0, 0.05) is 38.4 Å². The van der Waals surface area contributed by atoms with Crippen LogP contribution in [0.25, 0.3) is 100 Å². The number of hydrogen-bond acceptors (Lipinski definition) is 3. The number of rotatable bonds is 6. The molecule has 3 aromatic heterocycles. The molecule has 0 bridgehead atoms.